The smallest absolute Gasteiger partial charge is 0.341 e. The summed E-state index contributed by atoms with van der Waals surface area (Å²) in [5, 5.41) is -0.147. The molecule has 0 atom stereocenters. The Morgan fingerprint density at radius 2 is 2.07 bits per heavy atom. The van der Waals surface area contributed by atoms with Crippen LogP contribution in [0.15, 0.2) is 12.1 Å². The van der Waals surface area contributed by atoms with Crippen molar-refractivity contribution in [2.75, 3.05) is 14.2 Å². The van der Waals surface area contributed by atoms with Gasteiger partial charge >= 0.3 is 5.97 Å². The molecule has 0 aliphatic heterocycles. The number of benzene rings is 1. The molecule has 0 aromatic heterocycles. The summed E-state index contributed by atoms with van der Waals surface area (Å²) in [4.78, 5) is 11.2. The highest BCUT2D eigenvalue weighted by Crippen LogP contribution is 2.26. The second kappa shape index (κ2) is 4.28. The van der Waals surface area contributed by atoms with Gasteiger partial charge in [0.25, 0.3) is 0 Å². The van der Waals surface area contributed by atoms with Gasteiger partial charge in [0.1, 0.15) is 17.1 Å². The lowest BCUT2D eigenvalue weighted by atomic mass is 10.2. The molecule has 0 amide bonds. The van der Waals surface area contributed by atoms with Gasteiger partial charge in [0, 0.05) is 6.07 Å². The van der Waals surface area contributed by atoms with Crippen molar-refractivity contribution in [3.63, 3.8) is 0 Å². The summed E-state index contributed by atoms with van der Waals surface area (Å²) in [5.74, 6) is -1.17. The van der Waals surface area contributed by atoms with E-state index in [1.165, 1.54) is 20.3 Å². The van der Waals surface area contributed by atoms with Gasteiger partial charge in [0.2, 0.25) is 0 Å². The molecule has 0 radical (unpaired) electrons. The maximum atomic E-state index is 12.9. The van der Waals surface area contributed by atoms with Crippen molar-refractivity contribution in [1.82, 2.24) is 0 Å². The quantitative estimate of drug-likeness (QED) is 0.715. The van der Waals surface area contributed by atoms with Crippen LogP contribution in [0.4, 0.5) is 4.39 Å². The largest absolute Gasteiger partial charge is 0.496 e. The van der Waals surface area contributed by atoms with Crippen molar-refractivity contribution in [3.05, 3.63) is 28.5 Å². The number of methoxy groups -OCH3 is 2. The third kappa shape index (κ3) is 1.96. The van der Waals surface area contributed by atoms with Crippen molar-refractivity contribution in [2.24, 2.45) is 0 Å². The highest BCUT2D eigenvalue weighted by molar-refractivity contribution is 6.31. The summed E-state index contributed by atoms with van der Waals surface area (Å²) >= 11 is 5.51. The van der Waals surface area contributed by atoms with Crippen LogP contribution in [0.25, 0.3) is 0 Å². The Bertz CT molecular complexity index is 365. The summed E-state index contributed by atoms with van der Waals surface area (Å²) in [6.45, 7) is 0. The van der Waals surface area contributed by atoms with Gasteiger partial charge in [-0.1, -0.05) is 11.6 Å². The molecule has 0 spiro atoms. The van der Waals surface area contributed by atoms with Crippen molar-refractivity contribution in [1.29, 1.82) is 0 Å². The number of hydrogen-bond acceptors (Lipinski definition) is 3. The molecule has 0 aliphatic rings. The topological polar surface area (TPSA) is 35.5 Å². The maximum absolute atomic E-state index is 12.9. The molecule has 0 bridgehead atoms. The first-order valence-corrected chi connectivity index (χ1v) is 4.09. The van der Waals surface area contributed by atoms with Gasteiger partial charge in [-0.25, -0.2) is 9.18 Å². The molecule has 0 fully saturated rings. The lowest BCUT2D eigenvalue weighted by Gasteiger charge is -2.07. The fourth-order valence-electron chi connectivity index (χ4n) is 0.967. The first-order valence-electron chi connectivity index (χ1n) is 3.71. The molecule has 14 heavy (non-hydrogen) atoms. The van der Waals surface area contributed by atoms with Crippen molar-refractivity contribution < 1.29 is 18.7 Å². The first-order chi connectivity index (χ1) is 6.60. The molecule has 0 aliphatic carbocycles. The maximum Gasteiger partial charge on any atom is 0.341 e. The highest BCUT2D eigenvalue weighted by atomic mass is 35.5. The number of carbonyl (C=O) groups is 1. The Balaban J connectivity index is 3.27. The van der Waals surface area contributed by atoms with E-state index < -0.39 is 11.8 Å². The molecule has 0 unspecified atom stereocenters. The van der Waals surface area contributed by atoms with Crippen molar-refractivity contribution in [2.45, 2.75) is 0 Å². The summed E-state index contributed by atoms with van der Waals surface area (Å²) in [6.07, 6.45) is 0. The lowest BCUT2D eigenvalue weighted by molar-refractivity contribution is 0.0597. The number of rotatable bonds is 2. The summed E-state index contributed by atoms with van der Waals surface area (Å²) < 4.78 is 22.2. The van der Waals surface area contributed by atoms with Crippen LogP contribution in [-0.4, -0.2) is 20.2 Å². The molecule has 5 heteroatoms. The SMILES string of the molecule is COC(=O)c1cc(Cl)c(F)cc1OC. The molecule has 0 heterocycles. The molecule has 3 nitrogen and oxygen atoms in total. The van der Waals surface area contributed by atoms with Crippen molar-refractivity contribution >= 4 is 17.6 Å². The Morgan fingerprint density at radius 3 is 2.57 bits per heavy atom. The van der Waals surface area contributed by atoms with E-state index in [9.17, 15) is 9.18 Å². The van der Waals surface area contributed by atoms with Crippen LogP contribution in [0.1, 0.15) is 10.4 Å². The lowest BCUT2D eigenvalue weighted by Crippen LogP contribution is -2.04. The van der Waals surface area contributed by atoms with Crippen LogP contribution in [0.3, 0.4) is 0 Å². The standard InChI is InChI=1S/C9H8ClFO3/c1-13-8-4-7(11)6(10)3-5(8)9(12)14-2/h3-4H,1-2H3. The Hall–Kier alpha value is -1.29. The average Bonchev–Trinajstić information content (AvgIpc) is 2.20. The predicted octanol–water partition coefficient (Wildman–Crippen LogP) is 2.27. The zero-order valence-corrected chi connectivity index (χ0v) is 8.39. The van der Waals surface area contributed by atoms with Crippen LogP contribution < -0.4 is 4.74 Å². The van der Waals surface area contributed by atoms with E-state index in [0.29, 0.717) is 0 Å². The fourth-order valence-corrected chi connectivity index (χ4v) is 1.13. The zero-order valence-electron chi connectivity index (χ0n) is 7.64. The number of esters is 1. The van der Waals surface area contributed by atoms with E-state index in [1.807, 2.05) is 0 Å². The molecule has 0 saturated heterocycles. The van der Waals surface area contributed by atoms with Gasteiger partial charge in [0.15, 0.2) is 0 Å². The van der Waals surface area contributed by atoms with Gasteiger partial charge in [0.05, 0.1) is 19.2 Å². The minimum Gasteiger partial charge on any atom is -0.496 e. The molecule has 1 aromatic rings. The molecule has 1 aromatic carbocycles. The van der Waals surface area contributed by atoms with E-state index in [4.69, 9.17) is 16.3 Å². The van der Waals surface area contributed by atoms with E-state index >= 15 is 0 Å². The molecule has 0 N–H and O–H groups in total. The summed E-state index contributed by atoms with van der Waals surface area (Å²) in [6, 6.07) is 2.20. The zero-order chi connectivity index (χ0) is 10.7. The second-order valence-electron chi connectivity index (χ2n) is 2.46. The number of ether oxygens (including phenoxy) is 2. The number of carbonyl (C=O) groups excluding carboxylic acids is 1. The van der Waals surface area contributed by atoms with E-state index in [1.54, 1.807) is 0 Å². The van der Waals surface area contributed by atoms with Gasteiger partial charge < -0.3 is 9.47 Å². The predicted molar refractivity (Wildman–Crippen MR) is 49.3 cm³/mol. The van der Waals surface area contributed by atoms with Crippen LogP contribution in [0.2, 0.25) is 5.02 Å². The monoisotopic (exact) mass is 218 g/mol. The molecular formula is C9H8ClFO3. The van der Waals surface area contributed by atoms with Crippen LogP contribution in [-0.2, 0) is 4.74 Å². The second-order valence-corrected chi connectivity index (χ2v) is 2.87. The normalized spacial score (nSPS) is 9.71. The van der Waals surface area contributed by atoms with Crippen molar-refractivity contribution in [3.8, 4) is 5.75 Å². The minimum atomic E-state index is -0.642. The first kappa shape index (κ1) is 10.8. The third-order valence-electron chi connectivity index (χ3n) is 1.65. The van der Waals surface area contributed by atoms with Gasteiger partial charge in [-0.05, 0) is 6.07 Å². The molecular weight excluding hydrogens is 211 g/mol. The van der Waals surface area contributed by atoms with Crippen LogP contribution in [0, 0.1) is 5.82 Å². The fraction of sp³-hybridized carbons (Fsp3) is 0.222. The van der Waals surface area contributed by atoms with Gasteiger partial charge in [-0.3, -0.25) is 0 Å². The molecule has 1 rings (SSSR count). The Morgan fingerprint density at radius 1 is 1.43 bits per heavy atom. The Labute approximate surface area is 85.4 Å². The molecule has 76 valence electrons. The summed E-state index contributed by atoms with van der Waals surface area (Å²) in [5.41, 5.74) is 0.0985. The third-order valence-corrected chi connectivity index (χ3v) is 1.94. The highest BCUT2D eigenvalue weighted by Gasteiger charge is 2.15. The van der Waals surface area contributed by atoms with E-state index in [-0.39, 0.29) is 16.3 Å². The summed E-state index contributed by atoms with van der Waals surface area (Å²) in [7, 11) is 2.55. The molecule has 0 saturated carbocycles. The van der Waals surface area contributed by atoms with Gasteiger partial charge in [-0.2, -0.15) is 0 Å². The average molecular weight is 219 g/mol. The van der Waals surface area contributed by atoms with Crippen LogP contribution >= 0.6 is 11.6 Å². The Kier molecular flexibility index (Phi) is 3.30. The number of halogens is 2. The van der Waals surface area contributed by atoms with Crippen LogP contribution in [0.5, 0.6) is 5.75 Å². The minimum absolute atomic E-state index is 0.0961. The van der Waals surface area contributed by atoms with E-state index in [2.05, 4.69) is 4.74 Å². The number of hydrogen-bond donors (Lipinski definition) is 0. The van der Waals surface area contributed by atoms with E-state index in [0.717, 1.165) is 6.07 Å². The van der Waals surface area contributed by atoms with Gasteiger partial charge in [-0.15, -0.1) is 0 Å².